The molecule has 0 radical (unpaired) electrons. The lowest BCUT2D eigenvalue weighted by atomic mass is 10.0. The smallest absolute Gasteiger partial charge is 0.220 e. The molecule has 2 unspecified atom stereocenters. The van der Waals surface area contributed by atoms with Gasteiger partial charge in [-0.05, 0) is 89.9 Å². The quantitative estimate of drug-likeness (QED) is 0.0420. The number of aliphatic hydroxyl groups is 2. The van der Waals surface area contributed by atoms with E-state index in [4.69, 9.17) is 0 Å². The van der Waals surface area contributed by atoms with Gasteiger partial charge in [0.15, 0.2) is 0 Å². The van der Waals surface area contributed by atoms with Crippen LogP contribution in [0.5, 0.6) is 0 Å². The molecule has 1 amide bonds. The van der Waals surface area contributed by atoms with Gasteiger partial charge in [-0.1, -0.05) is 341 Å². The van der Waals surface area contributed by atoms with Crippen LogP contribution in [0, 0.1) is 0 Å². The number of hydrogen-bond donors (Lipinski definition) is 3. The van der Waals surface area contributed by atoms with E-state index in [1.807, 2.05) is 6.08 Å². The van der Waals surface area contributed by atoms with Gasteiger partial charge < -0.3 is 15.5 Å². The second-order valence-corrected chi connectivity index (χ2v) is 22.2. The summed E-state index contributed by atoms with van der Waals surface area (Å²) in [6.07, 6.45) is 103. The number of aliphatic hydroxyl groups excluding tert-OH is 2. The molecule has 0 rings (SSSR count). The minimum atomic E-state index is -0.859. The average Bonchev–Trinajstić information content (AvgIpc) is 3.43. The van der Waals surface area contributed by atoms with Gasteiger partial charge in [0, 0.05) is 6.42 Å². The van der Waals surface area contributed by atoms with Gasteiger partial charge in [0.2, 0.25) is 5.91 Å². The number of rotatable bonds is 60. The first-order valence-corrected chi connectivity index (χ1v) is 33.2. The molecule has 0 bridgehead atoms. The number of allylic oxidation sites excluding steroid dienone is 19. The summed E-state index contributed by atoms with van der Waals surface area (Å²) in [6, 6.07) is -0.644. The fraction of sp³-hybridized carbons (Fsp3) is 0.712. The van der Waals surface area contributed by atoms with E-state index < -0.39 is 12.1 Å². The number of amides is 1. The van der Waals surface area contributed by atoms with Crippen molar-refractivity contribution in [2.75, 3.05) is 6.61 Å². The first-order valence-electron chi connectivity index (χ1n) is 33.2. The number of nitrogens with one attached hydrogen (secondary N) is 1. The van der Waals surface area contributed by atoms with Crippen molar-refractivity contribution in [1.29, 1.82) is 0 Å². The van der Waals surface area contributed by atoms with E-state index >= 15 is 0 Å². The number of carbonyl (C=O) groups is 1. The van der Waals surface area contributed by atoms with Gasteiger partial charge in [0.05, 0.1) is 18.8 Å². The van der Waals surface area contributed by atoms with Crippen molar-refractivity contribution in [3.05, 3.63) is 122 Å². The number of carbonyl (C=O) groups excluding carboxylic acids is 1. The molecule has 0 aliphatic heterocycles. The summed E-state index contributed by atoms with van der Waals surface area (Å²) >= 11 is 0. The van der Waals surface area contributed by atoms with Gasteiger partial charge >= 0.3 is 0 Å². The van der Waals surface area contributed by atoms with E-state index in [0.717, 1.165) is 96.3 Å². The minimum absolute atomic E-state index is 0.0844. The van der Waals surface area contributed by atoms with Crippen molar-refractivity contribution >= 4 is 5.91 Å². The molecule has 77 heavy (non-hydrogen) atoms. The Morgan fingerprint density at radius 2 is 0.571 bits per heavy atom. The van der Waals surface area contributed by atoms with Crippen LogP contribution in [0.4, 0.5) is 0 Å². The fourth-order valence-electron chi connectivity index (χ4n) is 9.70. The third kappa shape index (κ3) is 63.5. The van der Waals surface area contributed by atoms with Crippen LogP contribution in [0.3, 0.4) is 0 Å². The first kappa shape index (κ1) is 73.8. The van der Waals surface area contributed by atoms with E-state index in [9.17, 15) is 15.0 Å². The van der Waals surface area contributed by atoms with Gasteiger partial charge in [-0.3, -0.25) is 4.79 Å². The molecule has 0 saturated carbocycles. The predicted molar refractivity (Wildman–Crippen MR) is 345 cm³/mol. The molecular weight excluding hydrogens is 939 g/mol. The molecule has 4 nitrogen and oxygen atoms in total. The van der Waals surface area contributed by atoms with E-state index in [-0.39, 0.29) is 12.5 Å². The molecule has 0 aliphatic carbocycles. The summed E-state index contributed by atoms with van der Waals surface area (Å²) in [7, 11) is 0. The largest absolute Gasteiger partial charge is 0.394 e. The Balaban J connectivity index is 3.57. The van der Waals surface area contributed by atoms with E-state index in [2.05, 4.69) is 129 Å². The third-order valence-electron chi connectivity index (χ3n) is 14.7. The minimum Gasteiger partial charge on any atom is -0.394 e. The molecular formula is C73H127NO3. The van der Waals surface area contributed by atoms with Gasteiger partial charge in [-0.2, -0.15) is 0 Å². The molecule has 3 N–H and O–H groups in total. The Morgan fingerprint density at radius 3 is 0.857 bits per heavy atom. The first-order chi connectivity index (χ1) is 38.2. The zero-order chi connectivity index (χ0) is 55.5. The summed E-state index contributed by atoms with van der Waals surface area (Å²) in [5.74, 6) is -0.0844. The standard InChI is InChI=1S/C73H127NO3/c1-3-5-7-9-11-13-15-17-19-21-23-25-27-29-31-33-35-37-39-41-43-45-47-49-51-53-55-57-59-61-63-65-67-69-73(77)74-71(70-75)72(76)68-66-64-62-60-58-56-54-52-50-48-46-44-42-40-38-36-34-32-30-28-26-24-22-20-18-16-14-12-10-8-6-4-2/h5,7,11,13,17,19,23,25,29,31,35,37,41,43,47,49,53,55,66,68,71-72,75-76H,3-4,6,8-10,12,14-16,18,20-22,24,26-28,30,32-34,36,38-40,42,44-46,48,50-52,54,56-65,67,69-70H2,1-2H3,(H,74,77)/b7-5-,13-11-,19-17-,25-23-,31-29-,37-35-,43-41-,49-47-,55-53-,68-66+. The zero-order valence-corrected chi connectivity index (χ0v) is 50.9. The fourth-order valence-corrected chi connectivity index (χ4v) is 9.70. The van der Waals surface area contributed by atoms with Crippen molar-refractivity contribution in [2.45, 2.75) is 328 Å². The van der Waals surface area contributed by atoms with Crippen molar-refractivity contribution in [3.8, 4) is 0 Å². The van der Waals surface area contributed by atoms with E-state index in [0.29, 0.717) is 6.42 Å². The molecule has 0 aromatic heterocycles. The van der Waals surface area contributed by atoms with Crippen LogP contribution >= 0.6 is 0 Å². The molecule has 0 aliphatic rings. The highest BCUT2D eigenvalue weighted by Crippen LogP contribution is 2.17. The third-order valence-corrected chi connectivity index (χ3v) is 14.7. The van der Waals surface area contributed by atoms with Crippen LogP contribution in [0.15, 0.2) is 122 Å². The predicted octanol–water partition coefficient (Wildman–Crippen LogP) is 22.8. The summed E-state index contributed by atoms with van der Waals surface area (Å²) in [5, 5.41) is 23.3. The van der Waals surface area contributed by atoms with E-state index in [1.165, 1.54) is 199 Å². The molecule has 0 saturated heterocycles. The highest BCUT2D eigenvalue weighted by atomic mass is 16.3. The molecule has 0 aromatic rings. The molecule has 0 spiro atoms. The molecule has 2 atom stereocenters. The lowest BCUT2D eigenvalue weighted by molar-refractivity contribution is -0.123. The van der Waals surface area contributed by atoms with Crippen LogP contribution in [0.2, 0.25) is 0 Å². The van der Waals surface area contributed by atoms with Crippen molar-refractivity contribution in [1.82, 2.24) is 5.32 Å². The topological polar surface area (TPSA) is 69.6 Å². The molecule has 442 valence electrons. The number of unbranched alkanes of at least 4 members (excludes halogenated alkanes) is 35. The molecule has 0 fully saturated rings. The second-order valence-electron chi connectivity index (χ2n) is 22.2. The van der Waals surface area contributed by atoms with Crippen LogP contribution in [0.1, 0.15) is 316 Å². The summed E-state index contributed by atoms with van der Waals surface area (Å²) in [6.45, 7) is 4.21. The van der Waals surface area contributed by atoms with Gasteiger partial charge in [0.25, 0.3) is 0 Å². The lowest BCUT2D eigenvalue weighted by Crippen LogP contribution is -2.45. The maximum absolute atomic E-state index is 12.5. The monoisotopic (exact) mass is 1070 g/mol. The zero-order valence-electron chi connectivity index (χ0n) is 50.9. The molecule has 4 heteroatoms. The van der Waals surface area contributed by atoms with Crippen LogP contribution in [-0.4, -0.2) is 34.9 Å². The van der Waals surface area contributed by atoms with Crippen LogP contribution < -0.4 is 5.32 Å². The Morgan fingerprint density at radius 1 is 0.325 bits per heavy atom. The molecule has 0 aromatic carbocycles. The Labute approximate surface area is 479 Å². The van der Waals surface area contributed by atoms with Gasteiger partial charge in [-0.25, -0.2) is 0 Å². The van der Waals surface area contributed by atoms with Crippen LogP contribution in [-0.2, 0) is 4.79 Å². The number of hydrogen-bond acceptors (Lipinski definition) is 3. The maximum atomic E-state index is 12.5. The summed E-state index contributed by atoms with van der Waals surface area (Å²) in [5.41, 5.74) is 0. The average molecular weight is 1070 g/mol. The highest BCUT2D eigenvalue weighted by molar-refractivity contribution is 5.76. The van der Waals surface area contributed by atoms with E-state index in [1.54, 1.807) is 6.08 Å². The van der Waals surface area contributed by atoms with Crippen molar-refractivity contribution < 1.29 is 15.0 Å². The molecule has 0 heterocycles. The Kier molecular flexibility index (Phi) is 64.3. The normalized spacial score (nSPS) is 13.6. The van der Waals surface area contributed by atoms with Crippen molar-refractivity contribution in [3.63, 3.8) is 0 Å². The maximum Gasteiger partial charge on any atom is 0.220 e. The van der Waals surface area contributed by atoms with Crippen LogP contribution in [0.25, 0.3) is 0 Å². The second kappa shape index (κ2) is 67.1. The van der Waals surface area contributed by atoms with Crippen molar-refractivity contribution in [2.24, 2.45) is 0 Å². The van der Waals surface area contributed by atoms with Gasteiger partial charge in [0.1, 0.15) is 0 Å². The highest BCUT2D eigenvalue weighted by Gasteiger charge is 2.18. The summed E-state index contributed by atoms with van der Waals surface area (Å²) < 4.78 is 0. The Bertz CT molecular complexity index is 1490. The summed E-state index contributed by atoms with van der Waals surface area (Å²) in [4.78, 5) is 12.5. The Hall–Kier alpha value is -3.21. The van der Waals surface area contributed by atoms with Gasteiger partial charge in [-0.15, -0.1) is 0 Å². The lowest BCUT2D eigenvalue weighted by Gasteiger charge is -2.20. The SMILES string of the molecule is CC/C=C\C/C=C\C/C=C\C/C=C\C/C=C\C/C=C\C/C=C\C/C=C\C/C=C\CCCCCCCC(=O)NC(CO)C(O)/C=C/CCCCCCCCCCCCCCCCCCCCCCCCCCCCCCCC.